The number of nitrogens with zero attached hydrogens (tertiary/aromatic N) is 2. The molecule has 0 radical (unpaired) electrons. The second-order valence-electron chi connectivity index (χ2n) is 8.81. The summed E-state index contributed by atoms with van der Waals surface area (Å²) in [6.07, 6.45) is 10.6. The van der Waals surface area contributed by atoms with E-state index < -0.39 is 0 Å². The van der Waals surface area contributed by atoms with Crippen molar-refractivity contribution in [3.05, 3.63) is 30.6 Å². The maximum atomic E-state index is 12.7. The first-order valence-corrected chi connectivity index (χ1v) is 9.11. The van der Waals surface area contributed by atoms with Crippen molar-refractivity contribution in [1.29, 1.82) is 0 Å². The van der Waals surface area contributed by atoms with E-state index in [4.69, 9.17) is 0 Å². The third kappa shape index (κ3) is 3.94. The average Bonchev–Trinajstić information content (AvgIpc) is 2.73. The monoisotopic (exact) mass is 315 g/mol. The molecule has 2 unspecified atom stereocenters. The third-order valence-electron chi connectivity index (χ3n) is 5.57. The molecule has 1 aromatic heterocycles. The summed E-state index contributed by atoms with van der Waals surface area (Å²) in [5.41, 5.74) is 0.735. The lowest BCUT2D eigenvalue weighted by Gasteiger charge is -2.39. The van der Waals surface area contributed by atoms with Crippen molar-refractivity contribution in [3.63, 3.8) is 0 Å². The van der Waals surface area contributed by atoms with Gasteiger partial charge in [0, 0.05) is 37.6 Å². The second-order valence-corrected chi connectivity index (χ2v) is 8.81. The van der Waals surface area contributed by atoms with Gasteiger partial charge in [-0.15, -0.1) is 0 Å². The fourth-order valence-corrected chi connectivity index (χ4v) is 5.05. The van der Waals surface area contributed by atoms with Gasteiger partial charge in [0.2, 0.25) is 5.91 Å². The number of aromatic nitrogens is 1. The molecule has 3 heteroatoms. The number of aryl methyl sites for hydroxylation is 1. The molecule has 3 rings (SSSR count). The van der Waals surface area contributed by atoms with Gasteiger partial charge >= 0.3 is 0 Å². The number of hydrogen-bond donors (Lipinski definition) is 0. The van der Waals surface area contributed by atoms with Crippen LogP contribution in [0.25, 0.3) is 0 Å². The molecule has 1 aromatic rings. The van der Waals surface area contributed by atoms with Crippen molar-refractivity contribution in [2.45, 2.75) is 71.9 Å². The van der Waals surface area contributed by atoms with Gasteiger partial charge in [0.1, 0.15) is 6.54 Å². The van der Waals surface area contributed by atoms with Crippen molar-refractivity contribution in [3.8, 4) is 0 Å². The molecule has 126 valence electrons. The molecular formula is C20H31N2O+. The molecule has 1 saturated carbocycles. The molecule has 23 heavy (non-hydrogen) atoms. The van der Waals surface area contributed by atoms with Crippen LogP contribution < -0.4 is 4.57 Å². The highest BCUT2D eigenvalue weighted by Gasteiger charge is 2.50. The van der Waals surface area contributed by atoms with Gasteiger partial charge in [-0.25, -0.2) is 4.57 Å². The molecular weight excluding hydrogens is 284 g/mol. The summed E-state index contributed by atoms with van der Waals surface area (Å²) >= 11 is 0. The van der Waals surface area contributed by atoms with Gasteiger partial charge in [0.25, 0.3) is 0 Å². The molecule has 1 aliphatic heterocycles. The summed E-state index contributed by atoms with van der Waals surface area (Å²) in [5.74, 6) is 0.384. The van der Waals surface area contributed by atoms with Gasteiger partial charge in [-0.05, 0) is 36.5 Å². The smallest absolute Gasteiger partial charge is 0.222 e. The summed E-state index contributed by atoms with van der Waals surface area (Å²) in [7, 11) is 0. The molecule has 2 atom stereocenters. The van der Waals surface area contributed by atoms with E-state index in [0.717, 1.165) is 25.9 Å². The van der Waals surface area contributed by atoms with Gasteiger partial charge in [0.15, 0.2) is 12.4 Å². The van der Waals surface area contributed by atoms with Crippen LogP contribution in [0.4, 0.5) is 0 Å². The predicted molar refractivity (Wildman–Crippen MR) is 91.7 cm³/mol. The summed E-state index contributed by atoms with van der Waals surface area (Å²) in [5, 5.41) is 0. The average molecular weight is 315 g/mol. The molecule has 3 nitrogen and oxygen atoms in total. The molecule has 2 bridgehead atoms. The summed E-state index contributed by atoms with van der Waals surface area (Å²) in [4.78, 5) is 14.9. The molecule has 1 saturated heterocycles. The highest BCUT2D eigenvalue weighted by Crippen LogP contribution is 2.52. The standard InChI is InChI=1S/C20H31N2O/c1-19(2)13-17-14-20(3,15-19)16-22(17)18(23)9-5-8-12-21-10-6-4-7-11-21/h4,6-7,10-11,17H,5,8-9,12-16H2,1-3H3/q+1. The number of likely N-dealkylation sites (tertiary alicyclic amines) is 1. The van der Waals surface area contributed by atoms with Crippen molar-refractivity contribution < 1.29 is 9.36 Å². The van der Waals surface area contributed by atoms with Crippen LogP contribution in [0.3, 0.4) is 0 Å². The van der Waals surface area contributed by atoms with Crippen LogP contribution in [-0.4, -0.2) is 23.4 Å². The van der Waals surface area contributed by atoms with E-state index in [1.165, 1.54) is 19.3 Å². The SMILES string of the molecule is CC1(C)CC2CC(C)(CN2C(=O)CCCC[n+]2ccccc2)C1. The normalized spacial score (nSPS) is 28.8. The zero-order valence-electron chi connectivity index (χ0n) is 14.9. The Hall–Kier alpha value is -1.38. The van der Waals surface area contributed by atoms with Gasteiger partial charge < -0.3 is 4.90 Å². The lowest BCUT2D eigenvalue weighted by molar-refractivity contribution is -0.697. The Morgan fingerprint density at radius 1 is 1.13 bits per heavy atom. The van der Waals surface area contributed by atoms with Crippen molar-refractivity contribution >= 4 is 5.91 Å². The Labute approximate surface area is 140 Å². The van der Waals surface area contributed by atoms with E-state index in [1.807, 2.05) is 6.07 Å². The van der Waals surface area contributed by atoms with E-state index >= 15 is 0 Å². The second kappa shape index (κ2) is 6.26. The Morgan fingerprint density at radius 3 is 2.61 bits per heavy atom. The van der Waals surface area contributed by atoms with Gasteiger partial charge in [-0.2, -0.15) is 0 Å². The first-order valence-electron chi connectivity index (χ1n) is 9.11. The predicted octanol–water partition coefficient (Wildman–Crippen LogP) is 3.57. The third-order valence-corrected chi connectivity index (χ3v) is 5.57. The van der Waals surface area contributed by atoms with Gasteiger partial charge in [-0.3, -0.25) is 4.79 Å². The molecule has 1 aliphatic carbocycles. The zero-order chi connectivity index (χ0) is 16.5. The quantitative estimate of drug-likeness (QED) is 0.602. The highest BCUT2D eigenvalue weighted by atomic mass is 16.2. The van der Waals surface area contributed by atoms with Crippen LogP contribution in [-0.2, 0) is 11.3 Å². The van der Waals surface area contributed by atoms with Crippen LogP contribution in [0.2, 0.25) is 0 Å². The molecule has 0 aromatic carbocycles. The van der Waals surface area contributed by atoms with E-state index in [9.17, 15) is 4.79 Å². The number of amides is 1. The Morgan fingerprint density at radius 2 is 1.87 bits per heavy atom. The Kier molecular flexibility index (Phi) is 4.48. The fourth-order valence-electron chi connectivity index (χ4n) is 5.05. The summed E-state index contributed by atoms with van der Waals surface area (Å²) in [6, 6.07) is 6.63. The Balaban J connectivity index is 1.48. The lowest BCUT2D eigenvalue weighted by Crippen LogP contribution is -2.37. The highest BCUT2D eigenvalue weighted by molar-refractivity contribution is 5.77. The van der Waals surface area contributed by atoms with Gasteiger partial charge in [-0.1, -0.05) is 26.8 Å². The molecule has 2 aliphatic rings. The molecule has 1 amide bonds. The van der Waals surface area contributed by atoms with Crippen molar-refractivity contribution in [1.82, 2.24) is 4.90 Å². The minimum Gasteiger partial charge on any atom is -0.339 e. The van der Waals surface area contributed by atoms with E-state index in [-0.39, 0.29) is 0 Å². The van der Waals surface area contributed by atoms with Crippen LogP contribution in [0, 0.1) is 10.8 Å². The number of fused-ring (bicyclic) bond motifs is 2. The van der Waals surface area contributed by atoms with E-state index in [0.29, 0.717) is 29.2 Å². The summed E-state index contributed by atoms with van der Waals surface area (Å²) in [6.45, 7) is 9.08. The van der Waals surface area contributed by atoms with Gasteiger partial charge in [0.05, 0.1) is 0 Å². The van der Waals surface area contributed by atoms with Crippen LogP contribution in [0.1, 0.15) is 59.3 Å². The minimum absolute atomic E-state index is 0.349. The number of hydrogen-bond acceptors (Lipinski definition) is 1. The zero-order valence-corrected chi connectivity index (χ0v) is 14.9. The topological polar surface area (TPSA) is 24.2 Å². The molecule has 0 N–H and O–H groups in total. The van der Waals surface area contributed by atoms with E-state index in [1.54, 1.807) is 0 Å². The van der Waals surface area contributed by atoms with Crippen LogP contribution in [0.15, 0.2) is 30.6 Å². The maximum absolute atomic E-state index is 12.7. The van der Waals surface area contributed by atoms with E-state index in [2.05, 4.69) is 54.8 Å². The first-order chi connectivity index (χ1) is 10.9. The summed E-state index contributed by atoms with van der Waals surface area (Å²) < 4.78 is 2.19. The fraction of sp³-hybridized carbons (Fsp3) is 0.700. The molecule has 2 heterocycles. The van der Waals surface area contributed by atoms with Crippen molar-refractivity contribution in [2.24, 2.45) is 10.8 Å². The Bertz CT molecular complexity index is 554. The largest absolute Gasteiger partial charge is 0.339 e. The minimum atomic E-state index is 0.349. The number of pyridine rings is 1. The number of rotatable bonds is 5. The number of carbonyl (C=O) groups is 1. The van der Waals surface area contributed by atoms with Crippen molar-refractivity contribution in [2.75, 3.05) is 6.54 Å². The van der Waals surface area contributed by atoms with Crippen LogP contribution in [0.5, 0.6) is 0 Å². The maximum Gasteiger partial charge on any atom is 0.222 e. The molecule has 0 spiro atoms. The number of carbonyl (C=O) groups excluding carboxylic acids is 1. The lowest BCUT2D eigenvalue weighted by atomic mass is 9.65. The van der Waals surface area contributed by atoms with Crippen LogP contribution >= 0.6 is 0 Å². The first kappa shape index (κ1) is 16.5. The number of unbranched alkanes of at least 4 members (excludes halogenated alkanes) is 1. The molecule has 2 fully saturated rings.